The van der Waals surface area contributed by atoms with Crippen LogP contribution >= 0.6 is 0 Å². The van der Waals surface area contributed by atoms with Crippen molar-refractivity contribution in [1.82, 2.24) is 19.5 Å². The van der Waals surface area contributed by atoms with E-state index in [1.54, 1.807) is 4.57 Å². The van der Waals surface area contributed by atoms with Gasteiger partial charge in [0.25, 0.3) is 0 Å². The van der Waals surface area contributed by atoms with E-state index in [2.05, 4.69) is 14.9 Å². The highest BCUT2D eigenvalue weighted by molar-refractivity contribution is 7.89. The number of alkyl halides is 3. The Morgan fingerprint density at radius 2 is 1.86 bits per heavy atom. The molecule has 0 saturated carbocycles. The lowest BCUT2D eigenvalue weighted by atomic mass is 10.2. The zero-order chi connectivity index (χ0) is 16.4. The number of halogens is 3. The van der Waals surface area contributed by atoms with E-state index in [9.17, 15) is 21.6 Å². The lowest BCUT2D eigenvalue weighted by Crippen LogP contribution is -2.25. The van der Waals surface area contributed by atoms with Crippen LogP contribution in [0.1, 0.15) is 18.3 Å². The molecule has 1 N–H and O–H groups in total. The van der Waals surface area contributed by atoms with Gasteiger partial charge in [-0.25, -0.2) is 13.1 Å². The van der Waals surface area contributed by atoms with E-state index in [4.69, 9.17) is 0 Å². The fraction of sp³-hybridized carbons (Fsp3) is 0.333. The van der Waals surface area contributed by atoms with Gasteiger partial charge >= 0.3 is 6.18 Å². The van der Waals surface area contributed by atoms with Gasteiger partial charge in [0.15, 0.2) is 0 Å². The van der Waals surface area contributed by atoms with Crippen molar-refractivity contribution >= 4 is 10.0 Å². The summed E-state index contributed by atoms with van der Waals surface area (Å²) < 4.78 is 65.4. The molecular weight excluding hydrogens is 321 g/mol. The summed E-state index contributed by atoms with van der Waals surface area (Å²) in [6.45, 7) is 2.32. The van der Waals surface area contributed by atoms with E-state index < -0.39 is 21.8 Å². The topological polar surface area (TPSA) is 76.9 Å². The number of aromatic nitrogens is 3. The molecule has 0 aliphatic carbocycles. The van der Waals surface area contributed by atoms with Crippen LogP contribution in [0.25, 0.3) is 0 Å². The lowest BCUT2D eigenvalue weighted by molar-refractivity contribution is -0.137. The van der Waals surface area contributed by atoms with Crippen molar-refractivity contribution in [3.8, 4) is 0 Å². The molecule has 0 bridgehead atoms. The fourth-order valence-corrected chi connectivity index (χ4v) is 2.73. The van der Waals surface area contributed by atoms with Gasteiger partial charge < -0.3 is 4.57 Å². The second-order valence-electron chi connectivity index (χ2n) is 4.38. The van der Waals surface area contributed by atoms with E-state index in [-0.39, 0.29) is 11.4 Å². The van der Waals surface area contributed by atoms with Crippen molar-refractivity contribution in [2.75, 3.05) is 0 Å². The minimum Gasteiger partial charge on any atom is -0.317 e. The Labute approximate surface area is 125 Å². The first-order chi connectivity index (χ1) is 10.2. The van der Waals surface area contributed by atoms with Crippen molar-refractivity contribution in [2.45, 2.75) is 31.1 Å². The molecule has 2 aromatic rings. The Kier molecular flexibility index (Phi) is 4.52. The number of aryl methyl sites for hydroxylation is 1. The average Bonchev–Trinajstić information content (AvgIpc) is 2.92. The Morgan fingerprint density at radius 3 is 2.41 bits per heavy atom. The van der Waals surface area contributed by atoms with Crippen LogP contribution in [-0.2, 0) is 29.3 Å². The van der Waals surface area contributed by atoms with E-state index >= 15 is 0 Å². The molecule has 0 fully saturated rings. The molecule has 0 spiro atoms. The number of hydrogen-bond donors (Lipinski definition) is 1. The summed E-state index contributed by atoms with van der Waals surface area (Å²) in [5.74, 6) is 0.415. The average molecular weight is 334 g/mol. The Hall–Kier alpha value is -1.94. The second-order valence-corrected chi connectivity index (χ2v) is 6.15. The van der Waals surface area contributed by atoms with Gasteiger partial charge in [-0.2, -0.15) is 13.2 Å². The maximum Gasteiger partial charge on any atom is 0.416 e. The SMILES string of the molecule is CCn1cnnc1CNS(=O)(=O)c1ccc(C(F)(F)F)cc1. The molecule has 22 heavy (non-hydrogen) atoms. The zero-order valence-electron chi connectivity index (χ0n) is 11.5. The monoisotopic (exact) mass is 334 g/mol. The smallest absolute Gasteiger partial charge is 0.317 e. The summed E-state index contributed by atoms with van der Waals surface area (Å²) in [6, 6.07) is 3.28. The summed E-state index contributed by atoms with van der Waals surface area (Å²) in [5.41, 5.74) is -0.905. The normalized spacial score (nSPS) is 12.5. The van der Waals surface area contributed by atoms with E-state index in [1.165, 1.54) is 6.33 Å². The van der Waals surface area contributed by atoms with Crippen molar-refractivity contribution in [2.24, 2.45) is 0 Å². The Morgan fingerprint density at radius 1 is 1.23 bits per heavy atom. The third kappa shape index (κ3) is 3.63. The predicted molar refractivity (Wildman–Crippen MR) is 71.2 cm³/mol. The number of rotatable bonds is 5. The van der Waals surface area contributed by atoms with Gasteiger partial charge in [-0.15, -0.1) is 10.2 Å². The third-order valence-electron chi connectivity index (χ3n) is 2.95. The first-order valence-corrected chi connectivity index (χ1v) is 7.76. The number of benzene rings is 1. The minimum absolute atomic E-state index is 0.100. The zero-order valence-corrected chi connectivity index (χ0v) is 12.3. The molecule has 1 aromatic heterocycles. The Balaban J connectivity index is 2.13. The van der Waals surface area contributed by atoms with Crippen molar-refractivity contribution < 1.29 is 21.6 Å². The molecule has 0 amide bonds. The molecule has 0 aliphatic heterocycles. The quantitative estimate of drug-likeness (QED) is 0.904. The summed E-state index contributed by atoms with van der Waals surface area (Å²) in [6.07, 6.45) is -3.05. The molecule has 2 rings (SSSR count). The first-order valence-electron chi connectivity index (χ1n) is 6.27. The molecule has 0 aliphatic rings. The highest BCUT2D eigenvalue weighted by Crippen LogP contribution is 2.29. The molecule has 1 aromatic carbocycles. The Bertz CT molecular complexity index is 738. The van der Waals surface area contributed by atoms with Crippen molar-refractivity contribution in [3.63, 3.8) is 0 Å². The summed E-state index contributed by atoms with van der Waals surface area (Å²) in [5, 5.41) is 7.43. The van der Waals surface area contributed by atoms with Crippen LogP contribution in [0.4, 0.5) is 13.2 Å². The fourth-order valence-electron chi connectivity index (χ4n) is 1.75. The van der Waals surface area contributed by atoms with Crippen LogP contribution in [0.5, 0.6) is 0 Å². The number of nitrogens with zero attached hydrogens (tertiary/aromatic N) is 3. The van der Waals surface area contributed by atoms with Crippen molar-refractivity contribution in [1.29, 1.82) is 0 Å². The van der Waals surface area contributed by atoms with Gasteiger partial charge in [0.1, 0.15) is 12.2 Å². The van der Waals surface area contributed by atoms with Crippen LogP contribution < -0.4 is 4.72 Å². The molecule has 10 heteroatoms. The van der Waals surface area contributed by atoms with Crippen LogP contribution in [0.2, 0.25) is 0 Å². The maximum atomic E-state index is 12.5. The minimum atomic E-state index is -4.51. The van der Waals surface area contributed by atoms with Crippen LogP contribution in [0.3, 0.4) is 0 Å². The number of nitrogens with one attached hydrogen (secondary N) is 1. The molecule has 0 saturated heterocycles. The first kappa shape index (κ1) is 16.4. The molecule has 0 atom stereocenters. The van der Waals surface area contributed by atoms with Gasteiger partial charge in [-0.3, -0.25) is 0 Å². The van der Waals surface area contributed by atoms with Gasteiger partial charge in [-0.1, -0.05) is 0 Å². The molecule has 6 nitrogen and oxygen atoms in total. The van der Waals surface area contributed by atoms with Crippen molar-refractivity contribution in [3.05, 3.63) is 42.0 Å². The molecule has 0 radical (unpaired) electrons. The largest absolute Gasteiger partial charge is 0.416 e. The summed E-state index contributed by atoms with van der Waals surface area (Å²) >= 11 is 0. The predicted octanol–water partition coefficient (Wildman–Crippen LogP) is 1.80. The summed E-state index contributed by atoms with van der Waals surface area (Å²) in [4.78, 5) is -0.247. The van der Waals surface area contributed by atoms with Crippen LogP contribution in [0.15, 0.2) is 35.5 Å². The standard InChI is InChI=1S/C12H13F3N4O2S/c1-2-19-8-16-18-11(19)7-17-22(20,21)10-5-3-9(4-6-10)12(13,14)15/h3-6,8,17H,2,7H2,1H3. The molecule has 0 unspecified atom stereocenters. The lowest BCUT2D eigenvalue weighted by Gasteiger charge is -2.09. The van der Waals surface area contributed by atoms with E-state index in [0.717, 1.165) is 24.3 Å². The van der Waals surface area contributed by atoms with E-state index in [1.807, 2.05) is 6.92 Å². The maximum absolute atomic E-state index is 12.5. The highest BCUT2D eigenvalue weighted by atomic mass is 32.2. The van der Waals surface area contributed by atoms with Gasteiger partial charge in [0.2, 0.25) is 10.0 Å². The summed E-state index contributed by atoms with van der Waals surface area (Å²) in [7, 11) is -3.92. The molecule has 120 valence electrons. The van der Waals surface area contributed by atoms with Gasteiger partial charge in [0, 0.05) is 6.54 Å². The number of hydrogen-bond acceptors (Lipinski definition) is 4. The van der Waals surface area contributed by atoms with Crippen LogP contribution in [0, 0.1) is 0 Å². The second kappa shape index (κ2) is 6.05. The van der Waals surface area contributed by atoms with Gasteiger partial charge in [0.05, 0.1) is 17.0 Å². The molecule has 1 heterocycles. The molecular formula is C12H13F3N4O2S. The van der Waals surface area contributed by atoms with Crippen LogP contribution in [-0.4, -0.2) is 23.2 Å². The van der Waals surface area contributed by atoms with Gasteiger partial charge in [-0.05, 0) is 31.2 Å². The highest BCUT2D eigenvalue weighted by Gasteiger charge is 2.30. The third-order valence-corrected chi connectivity index (χ3v) is 4.37. The number of sulfonamides is 1. The van der Waals surface area contributed by atoms with E-state index in [0.29, 0.717) is 12.4 Å².